The maximum atomic E-state index is 13.3. The van der Waals surface area contributed by atoms with Gasteiger partial charge in [-0.15, -0.1) is 0 Å². The molecule has 1 aliphatic heterocycles. The predicted octanol–water partition coefficient (Wildman–Crippen LogP) is 1.43. The van der Waals surface area contributed by atoms with Crippen LogP contribution in [0.5, 0.6) is 5.75 Å². The van der Waals surface area contributed by atoms with Crippen molar-refractivity contribution in [2.75, 3.05) is 27.2 Å². The fourth-order valence-electron chi connectivity index (χ4n) is 2.57. The first-order valence-electron chi connectivity index (χ1n) is 6.91. The van der Waals surface area contributed by atoms with Crippen LogP contribution in [0.15, 0.2) is 18.2 Å². The molecule has 1 aromatic carbocycles. The molecule has 21 heavy (non-hydrogen) atoms. The van der Waals surface area contributed by atoms with Gasteiger partial charge in [-0.3, -0.25) is 9.59 Å². The Morgan fingerprint density at radius 2 is 2.00 bits per heavy atom. The van der Waals surface area contributed by atoms with Gasteiger partial charge in [0.05, 0.1) is 12.7 Å². The number of carbonyl (C=O) groups is 2. The van der Waals surface area contributed by atoms with Crippen LogP contribution in [0.4, 0.5) is 4.39 Å². The zero-order valence-electron chi connectivity index (χ0n) is 12.2. The van der Waals surface area contributed by atoms with Crippen LogP contribution < -0.4 is 10.1 Å². The number of ether oxygens (including phenoxy) is 1. The summed E-state index contributed by atoms with van der Waals surface area (Å²) in [5, 5.41) is 2.62. The van der Waals surface area contributed by atoms with Crippen LogP contribution >= 0.6 is 0 Å². The number of halogens is 1. The van der Waals surface area contributed by atoms with Gasteiger partial charge in [0.1, 0.15) is 11.6 Å². The lowest BCUT2D eigenvalue weighted by atomic mass is 9.95. The molecule has 0 atom stereocenters. The summed E-state index contributed by atoms with van der Waals surface area (Å²) in [5.74, 6) is -0.435. The molecule has 0 aromatic heterocycles. The predicted molar refractivity (Wildman–Crippen MR) is 75.6 cm³/mol. The van der Waals surface area contributed by atoms with Crippen LogP contribution in [0.2, 0.25) is 0 Å². The van der Waals surface area contributed by atoms with Crippen molar-refractivity contribution in [1.82, 2.24) is 10.2 Å². The van der Waals surface area contributed by atoms with Crippen molar-refractivity contribution in [3.8, 4) is 5.75 Å². The molecular formula is C15H19FN2O3. The number of amides is 2. The minimum absolute atomic E-state index is 0.00503. The van der Waals surface area contributed by atoms with E-state index in [4.69, 9.17) is 4.74 Å². The van der Waals surface area contributed by atoms with Crippen molar-refractivity contribution in [3.05, 3.63) is 29.6 Å². The van der Waals surface area contributed by atoms with Gasteiger partial charge >= 0.3 is 0 Å². The molecule has 0 spiro atoms. The first kappa shape index (κ1) is 15.3. The lowest BCUT2D eigenvalue weighted by molar-refractivity contribution is -0.125. The van der Waals surface area contributed by atoms with Gasteiger partial charge in [0.25, 0.3) is 5.91 Å². The van der Waals surface area contributed by atoms with Crippen molar-refractivity contribution in [2.24, 2.45) is 5.92 Å². The molecule has 2 rings (SSSR count). The molecule has 0 bridgehead atoms. The number of nitrogens with zero attached hydrogens (tertiary/aromatic N) is 1. The smallest absolute Gasteiger partial charge is 0.257 e. The Labute approximate surface area is 123 Å². The maximum Gasteiger partial charge on any atom is 0.257 e. The van der Waals surface area contributed by atoms with E-state index < -0.39 is 5.82 Å². The monoisotopic (exact) mass is 294 g/mol. The number of rotatable bonds is 3. The van der Waals surface area contributed by atoms with Gasteiger partial charge in [-0.25, -0.2) is 4.39 Å². The number of methoxy groups -OCH3 is 1. The summed E-state index contributed by atoms with van der Waals surface area (Å²) in [4.78, 5) is 25.7. The molecule has 1 heterocycles. The van der Waals surface area contributed by atoms with Gasteiger partial charge in [-0.2, -0.15) is 0 Å². The first-order chi connectivity index (χ1) is 10.1. The highest BCUT2D eigenvalue weighted by molar-refractivity contribution is 5.97. The summed E-state index contributed by atoms with van der Waals surface area (Å²) in [6.45, 7) is 0.965. The molecule has 114 valence electrons. The van der Waals surface area contributed by atoms with Crippen LogP contribution in [0.3, 0.4) is 0 Å². The first-order valence-corrected chi connectivity index (χ1v) is 6.91. The topological polar surface area (TPSA) is 58.6 Å². The van der Waals surface area contributed by atoms with E-state index in [1.807, 2.05) is 0 Å². The number of nitrogens with one attached hydrogen (secondary N) is 1. The van der Waals surface area contributed by atoms with E-state index in [1.165, 1.54) is 25.3 Å². The van der Waals surface area contributed by atoms with Gasteiger partial charge in [-0.1, -0.05) is 0 Å². The molecule has 6 heteroatoms. The quantitative estimate of drug-likeness (QED) is 0.917. The van der Waals surface area contributed by atoms with Gasteiger partial charge in [0.2, 0.25) is 5.91 Å². The third-order valence-electron chi connectivity index (χ3n) is 3.79. The number of carbonyl (C=O) groups excluding carboxylic acids is 2. The normalized spacial score (nSPS) is 15.7. The highest BCUT2D eigenvalue weighted by atomic mass is 19.1. The standard InChI is InChI=1S/C15H19FN2O3/c1-17-14(19)10-5-7-18(8-6-10)15(20)12-9-11(16)3-4-13(12)21-2/h3-4,9-10H,5-8H2,1-2H3,(H,17,19). The summed E-state index contributed by atoms with van der Waals surface area (Å²) < 4.78 is 18.5. The van der Waals surface area contributed by atoms with Crippen LogP contribution in [0.1, 0.15) is 23.2 Å². The Morgan fingerprint density at radius 3 is 2.57 bits per heavy atom. The van der Waals surface area contributed by atoms with Crippen LogP contribution in [-0.4, -0.2) is 44.0 Å². The summed E-state index contributed by atoms with van der Waals surface area (Å²) >= 11 is 0. The average Bonchev–Trinajstić information content (AvgIpc) is 2.53. The Bertz CT molecular complexity index is 540. The highest BCUT2D eigenvalue weighted by Crippen LogP contribution is 2.24. The Hall–Kier alpha value is -2.11. The molecule has 1 fully saturated rings. The second-order valence-corrected chi connectivity index (χ2v) is 5.03. The summed E-state index contributed by atoms with van der Waals surface area (Å²) in [7, 11) is 3.05. The number of hydrogen-bond donors (Lipinski definition) is 1. The van der Waals surface area contributed by atoms with Gasteiger partial charge < -0.3 is 15.0 Å². The molecule has 5 nitrogen and oxygen atoms in total. The van der Waals surface area contributed by atoms with E-state index >= 15 is 0 Å². The molecule has 0 radical (unpaired) electrons. The fraction of sp³-hybridized carbons (Fsp3) is 0.467. The minimum Gasteiger partial charge on any atom is -0.496 e. The van der Waals surface area contributed by atoms with Gasteiger partial charge in [0.15, 0.2) is 0 Å². The fourth-order valence-corrected chi connectivity index (χ4v) is 2.57. The number of piperidine rings is 1. The molecule has 0 aliphatic carbocycles. The molecule has 2 amide bonds. The zero-order valence-corrected chi connectivity index (χ0v) is 12.2. The second-order valence-electron chi connectivity index (χ2n) is 5.03. The second kappa shape index (κ2) is 6.56. The van der Waals surface area contributed by atoms with Crippen LogP contribution in [-0.2, 0) is 4.79 Å². The third-order valence-corrected chi connectivity index (χ3v) is 3.79. The molecule has 0 unspecified atom stereocenters. The average molecular weight is 294 g/mol. The van der Waals surface area contributed by atoms with Gasteiger partial charge in [-0.05, 0) is 31.0 Å². The Balaban J connectivity index is 2.09. The number of benzene rings is 1. The van der Waals surface area contributed by atoms with Crippen molar-refractivity contribution in [2.45, 2.75) is 12.8 Å². The zero-order chi connectivity index (χ0) is 15.4. The van der Waals surface area contributed by atoms with E-state index in [9.17, 15) is 14.0 Å². The molecule has 1 N–H and O–H groups in total. The minimum atomic E-state index is -0.473. The lowest BCUT2D eigenvalue weighted by Gasteiger charge is -2.31. The number of likely N-dealkylation sites (tertiary alicyclic amines) is 1. The van der Waals surface area contributed by atoms with Crippen molar-refractivity contribution in [1.29, 1.82) is 0 Å². The molecule has 1 aromatic rings. The maximum absolute atomic E-state index is 13.3. The molecular weight excluding hydrogens is 275 g/mol. The summed E-state index contributed by atoms with van der Waals surface area (Å²) in [6.07, 6.45) is 1.23. The van der Waals surface area contributed by atoms with Crippen LogP contribution in [0, 0.1) is 11.7 Å². The third kappa shape index (κ3) is 3.32. The molecule has 1 saturated heterocycles. The SMILES string of the molecule is CNC(=O)C1CCN(C(=O)c2cc(F)ccc2OC)CC1. The van der Waals surface area contributed by atoms with E-state index in [1.54, 1.807) is 11.9 Å². The largest absolute Gasteiger partial charge is 0.496 e. The Morgan fingerprint density at radius 1 is 1.33 bits per heavy atom. The van der Waals surface area contributed by atoms with Gasteiger partial charge in [0, 0.05) is 26.1 Å². The Kier molecular flexibility index (Phi) is 4.77. The summed E-state index contributed by atoms with van der Waals surface area (Å²) in [6, 6.07) is 3.89. The van der Waals surface area contributed by atoms with Crippen molar-refractivity contribution < 1.29 is 18.7 Å². The van der Waals surface area contributed by atoms with E-state index in [0.29, 0.717) is 31.7 Å². The van der Waals surface area contributed by atoms with Crippen molar-refractivity contribution in [3.63, 3.8) is 0 Å². The lowest BCUT2D eigenvalue weighted by Crippen LogP contribution is -2.42. The molecule has 0 saturated carbocycles. The van der Waals surface area contributed by atoms with Crippen molar-refractivity contribution >= 4 is 11.8 Å². The molecule has 1 aliphatic rings. The summed E-state index contributed by atoms with van der Waals surface area (Å²) in [5.41, 5.74) is 0.218. The van der Waals surface area contributed by atoms with Crippen LogP contribution in [0.25, 0.3) is 0 Å². The van der Waals surface area contributed by atoms with E-state index in [0.717, 1.165) is 0 Å². The number of hydrogen-bond acceptors (Lipinski definition) is 3. The highest BCUT2D eigenvalue weighted by Gasteiger charge is 2.28. The van der Waals surface area contributed by atoms with E-state index in [-0.39, 0.29) is 23.3 Å². The van der Waals surface area contributed by atoms with E-state index in [2.05, 4.69) is 5.32 Å².